The Morgan fingerprint density at radius 2 is 1.67 bits per heavy atom. The van der Waals surface area contributed by atoms with Crippen molar-refractivity contribution < 1.29 is 4.79 Å². The predicted molar refractivity (Wildman–Crippen MR) is 92.3 cm³/mol. The predicted octanol–water partition coefficient (Wildman–Crippen LogP) is 5.06. The second kappa shape index (κ2) is 11.4. The first-order valence-corrected chi connectivity index (χ1v) is 8.43. The number of hydrogen-bond acceptors (Lipinski definition) is 1. The molecule has 0 N–H and O–H groups in total. The molecule has 2 nitrogen and oxygen atoms in total. The van der Waals surface area contributed by atoms with E-state index in [4.69, 9.17) is 0 Å². The first kappa shape index (κ1) is 19.7. The van der Waals surface area contributed by atoms with Crippen LogP contribution in [0, 0.1) is 5.92 Å². The molecule has 0 aliphatic carbocycles. The zero-order valence-electron chi connectivity index (χ0n) is 14.8. The normalized spacial score (nSPS) is 12.6. The Labute approximate surface area is 131 Å². The van der Waals surface area contributed by atoms with Crippen LogP contribution in [0.15, 0.2) is 24.3 Å². The first-order valence-electron chi connectivity index (χ1n) is 8.43. The zero-order valence-corrected chi connectivity index (χ0v) is 14.8. The molecule has 0 aromatic heterocycles. The van der Waals surface area contributed by atoms with Gasteiger partial charge in [-0.05, 0) is 23.5 Å². The van der Waals surface area contributed by atoms with Crippen LogP contribution in [0.1, 0.15) is 65.5 Å². The summed E-state index contributed by atoms with van der Waals surface area (Å²) in [7, 11) is 0. The van der Waals surface area contributed by atoms with Crippen LogP contribution >= 0.6 is 0 Å². The van der Waals surface area contributed by atoms with Crippen LogP contribution in [0.5, 0.6) is 0 Å². The van der Waals surface area contributed by atoms with Gasteiger partial charge in [0.05, 0.1) is 0 Å². The van der Waals surface area contributed by atoms with Crippen LogP contribution in [-0.2, 0) is 17.8 Å². The lowest BCUT2D eigenvalue weighted by Gasteiger charge is -2.28. The summed E-state index contributed by atoms with van der Waals surface area (Å²) in [5.74, 6) is 1.15. The third kappa shape index (κ3) is 7.31. The Bertz CT molecular complexity index is 398. The van der Waals surface area contributed by atoms with Crippen LogP contribution in [-0.4, -0.2) is 17.4 Å². The molecule has 0 saturated carbocycles. The van der Waals surface area contributed by atoms with Crippen molar-refractivity contribution in [1.29, 1.82) is 0 Å². The van der Waals surface area contributed by atoms with Crippen molar-refractivity contribution >= 4 is 5.91 Å². The van der Waals surface area contributed by atoms with Crippen LogP contribution in [0.3, 0.4) is 0 Å². The van der Waals surface area contributed by atoms with Gasteiger partial charge in [-0.15, -0.1) is 0 Å². The standard InChI is InChI=1S/C12H15NO.C5H12.C2H6/c1-2-12(14)13-8-7-10-5-3-4-6-11(10)9-13;1-4-5(2)3;1-2/h3-6H,2,7-9H2,1H3;5H,4H2,1-3H3;1-2H3. The number of fused-ring (bicyclic) bond motifs is 1. The molecule has 1 amide bonds. The highest BCUT2D eigenvalue weighted by molar-refractivity contribution is 5.76. The highest BCUT2D eigenvalue weighted by atomic mass is 16.2. The fourth-order valence-electron chi connectivity index (χ4n) is 1.93. The minimum absolute atomic E-state index is 0.263. The molecule has 1 heterocycles. The van der Waals surface area contributed by atoms with E-state index in [1.807, 2.05) is 31.7 Å². The second-order valence-corrected chi connectivity index (χ2v) is 5.49. The maximum atomic E-state index is 11.5. The van der Waals surface area contributed by atoms with E-state index in [-0.39, 0.29) is 5.91 Å². The molecule has 0 radical (unpaired) electrons. The van der Waals surface area contributed by atoms with Crippen molar-refractivity contribution in [3.8, 4) is 0 Å². The largest absolute Gasteiger partial charge is 0.338 e. The van der Waals surface area contributed by atoms with Gasteiger partial charge in [-0.3, -0.25) is 4.79 Å². The van der Waals surface area contributed by atoms with E-state index < -0.39 is 0 Å². The number of amides is 1. The maximum Gasteiger partial charge on any atom is 0.222 e. The van der Waals surface area contributed by atoms with Gasteiger partial charge in [-0.25, -0.2) is 0 Å². The molecule has 1 aliphatic rings. The third-order valence-electron chi connectivity index (χ3n) is 3.60. The van der Waals surface area contributed by atoms with E-state index in [1.54, 1.807) is 0 Å². The Hall–Kier alpha value is -1.31. The molecule has 2 rings (SSSR count). The Kier molecular flexibility index (Phi) is 10.7. The molecule has 0 unspecified atom stereocenters. The van der Waals surface area contributed by atoms with Crippen LogP contribution in [0.4, 0.5) is 0 Å². The molecule has 2 heteroatoms. The first-order chi connectivity index (χ1) is 10.1. The third-order valence-corrected chi connectivity index (χ3v) is 3.60. The number of nitrogens with zero attached hydrogens (tertiary/aromatic N) is 1. The molecule has 0 saturated heterocycles. The van der Waals surface area contributed by atoms with Gasteiger partial charge in [0.15, 0.2) is 0 Å². The molecular weight excluding hydrogens is 258 g/mol. The van der Waals surface area contributed by atoms with Crippen LogP contribution in [0.25, 0.3) is 0 Å². The molecule has 1 aliphatic heterocycles. The molecule has 120 valence electrons. The summed E-state index contributed by atoms with van der Waals surface area (Å²) in [5, 5.41) is 0. The molecule has 0 bridgehead atoms. The smallest absolute Gasteiger partial charge is 0.222 e. The van der Waals surface area contributed by atoms with Gasteiger partial charge >= 0.3 is 0 Å². The Morgan fingerprint density at radius 3 is 2.14 bits per heavy atom. The van der Waals surface area contributed by atoms with E-state index in [1.165, 1.54) is 17.5 Å². The van der Waals surface area contributed by atoms with Crippen LogP contribution < -0.4 is 0 Å². The van der Waals surface area contributed by atoms with Crippen molar-refractivity contribution in [2.24, 2.45) is 5.92 Å². The lowest BCUT2D eigenvalue weighted by molar-refractivity contribution is -0.131. The van der Waals surface area contributed by atoms with Gasteiger partial charge < -0.3 is 4.90 Å². The number of rotatable bonds is 2. The number of carbonyl (C=O) groups excluding carboxylic acids is 1. The molecule has 0 atom stereocenters. The summed E-state index contributed by atoms with van der Waals surface area (Å²) in [6.07, 6.45) is 2.92. The van der Waals surface area contributed by atoms with E-state index in [0.717, 1.165) is 25.4 Å². The summed E-state index contributed by atoms with van der Waals surface area (Å²) in [6, 6.07) is 8.38. The molecule has 1 aromatic rings. The fourth-order valence-corrected chi connectivity index (χ4v) is 1.93. The summed E-state index contributed by atoms with van der Waals surface area (Å²) in [5.41, 5.74) is 2.70. The number of carbonyl (C=O) groups is 1. The highest BCUT2D eigenvalue weighted by Gasteiger charge is 2.18. The molecule has 0 fully saturated rings. The monoisotopic (exact) mass is 291 g/mol. The average Bonchev–Trinajstić information content (AvgIpc) is 2.56. The summed E-state index contributed by atoms with van der Waals surface area (Å²) in [6.45, 7) is 14.2. The molecular formula is C19H33NO. The Morgan fingerprint density at radius 1 is 1.14 bits per heavy atom. The lowest BCUT2D eigenvalue weighted by atomic mass is 10.00. The van der Waals surface area contributed by atoms with Crippen LogP contribution in [0.2, 0.25) is 0 Å². The average molecular weight is 291 g/mol. The summed E-state index contributed by atoms with van der Waals surface area (Å²) < 4.78 is 0. The zero-order chi connectivity index (χ0) is 16.3. The van der Waals surface area contributed by atoms with Gasteiger partial charge in [0, 0.05) is 19.5 Å². The van der Waals surface area contributed by atoms with E-state index in [0.29, 0.717) is 6.42 Å². The van der Waals surface area contributed by atoms with Crippen molar-refractivity contribution in [2.45, 2.75) is 67.3 Å². The van der Waals surface area contributed by atoms with Crippen molar-refractivity contribution in [3.63, 3.8) is 0 Å². The molecule has 21 heavy (non-hydrogen) atoms. The topological polar surface area (TPSA) is 20.3 Å². The summed E-state index contributed by atoms with van der Waals surface area (Å²) >= 11 is 0. The minimum Gasteiger partial charge on any atom is -0.338 e. The molecule has 1 aromatic carbocycles. The Balaban J connectivity index is 0.000000489. The van der Waals surface area contributed by atoms with Gasteiger partial charge in [-0.1, -0.05) is 72.2 Å². The van der Waals surface area contributed by atoms with E-state index >= 15 is 0 Å². The molecule has 0 spiro atoms. The minimum atomic E-state index is 0.263. The maximum absolute atomic E-state index is 11.5. The van der Waals surface area contributed by atoms with E-state index in [2.05, 4.69) is 39.0 Å². The second-order valence-electron chi connectivity index (χ2n) is 5.49. The van der Waals surface area contributed by atoms with Crippen molar-refractivity contribution in [3.05, 3.63) is 35.4 Å². The van der Waals surface area contributed by atoms with E-state index in [9.17, 15) is 4.79 Å². The fraction of sp³-hybridized carbons (Fsp3) is 0.632. The van der Waals surface area contributed by atoms with Gasteiger partial charge in [0.1, 0.15) is 0 Å². The lowest BCUT2D eigenvalue weighted by Crippen LogP contribution is -2.35. The van der Waals surface area contributed by atoms with Gasteiger partial charge in [-0.2, -0.15) is 0 Å². The van der Waals surface area contributed by atoms with Gasteiger partial charge in [0.25, 0.3) is 0 Å². The number of hydrogen-bond donors (Lipinski definition) is 0. The number of benzene rings is 1. The highest BCUT2D eigenvalue weighted by Crippen LogP contribution is 2.18. The quantitative estimate of drug-likeness (QED) is 0.746. The van der Waals surface area contributed by atoms with Crippen molar-refractivity contribution in [2.75, 3.05) is 6.54 Å². The van der Waals surface area contributed by atoms with Gasteiger partial charge in [0.2, 0.25) is 5.91 Å². The van der Waals surface area contributed by atoms with Crippen molar-refractivity contribution in [1.82, 2.24) is 4.90 Å². The summed E-state index contributed by atoms with van der Waals surface area (Å²) in [4.78, 5) is 13.4. The SMILES string of the molecule is CC.CCC(=O)N1CCc2ccccc2C1.CCC(C)C.